The van der Waals surface area contributed by atoms with Gasteiger partial charge in [0.1, 0.15) is 0 Å². The van der Waals surface area contributed by atoms with Gasteiger partial charge in [-0.2, -0.15) is 0 Å². The number of rotatable bonds is 2. The van der Waals surface area contributed by atoms with E-state index in [4.69, 9.17) is 4.74 Å². The van der Waals surface area contributed by atoms with E-state index in [9.17, 15) is 9.59 Å². The maximum atomic E-state index is 12.5. The van der Waals surface area contributed by atoms with Crippen molar-refractivity contribution in [3.63, 3.8) is 0 Å². The number of likely N-dealkylation sites (tertiary alicyclic amines) is 1. The van der Waals surface area contributed by atoms with Crippen molar-refractivity contribution >= 4 is 34.4 Å². The number of amides is 2. The minimum absolute atomic E-state index is 0.0499. The summed E-state index contributed by atoms with van der Waals surface area (Å²) in [4.78, 5) is 28.8. The largest absolute Gasteiger partial charge is 0.378 e. The molecule has 0 aromatic heterocycles. The molecule has 0 bridgehead atoms. The van der Waals surface area contributed by atoms with E-state index in [1.807, 2.05) is 34.1 Å². The predicted octanol–water partition coefficient (Wildman–Crippen LogP) is 2.00. The molecule has 1 aromatic carbocycles. The molecule has 0 atom stereocenters. The van der Waals surface area contributed by atoms with Crippen LogP contribution in [0.1, 0.15) is 23.2 Å². The number of benzene rings is 1. The van der Waals surface area contributed by atoms with Crippen LogP contribution in [-0.4, -0.2) is 61.0 Å². The Bertz CT molecular complexity index is 562. The lowest BCUT2D eigenvalue weighted by atomic mass is 9.94. The van der Waals surface area contributed by atoms with Crippen LogP contribution in [0.4, 0.5) is 0 Å². The third kappa shape index (κ3) is 4.03. The Labute approximate surface area is 150 Å². The summed E-state index contributed by atoms with van der Waals surface area (Å²) in [6, 6.07) is 7.63. The molecule has 0 saturated carbocycles. The maximum Gasteiger partial charge on any atom is 0.253 e. The van der Waals surface area contributed by atoms with Crippen molar-refractivity contribution < 1.29 is 14.3 Å². The van der Waals surface area contributed by atoms with Crippen LogP contribution in [0.15, 0.2) is 24.3 Å². The van der Waals surface area contributed by atoms with Gasteiger partial charge in [0.25, 0.3) is 5.91 Å². The summed E-state index contributed by atoms with van der Waals surface area (Å²) in [5.74, 6) is 0.349. The second-order valence-electron chi connectivity index (χ2n) is 6.01. The summed E-state index contributed by atoms with van der Waals surface area (Å²) in [7, 11) is 0. The number of hydrogen-bond donors (Lipinski definition) is 0. The molecular weight excluding hydrogens is 407 g/mol. The highest BCUT2D eigenvalue weighted by atomic mass is 127. The molecule has 2 saturated heterocycles. The van der Waals surface area contributed by atoms with Gasteiger partial charge in [-0.1, -0.05) is 0 Å². The van der Waals surface area contributed by atoms with Crippen LogP contribution in [-0.2, 0) is 9.53 Å². The molecule has 0 aliphatic carbocycles. The van der Waals surface area contributed by atoms with Crippen LogP contribution in [0.5, 0.6) is 0 Å². The zero-order chi connectivity index (χ0) is 16.2. The highest BCUT2D eigenvalue weighted by molar-refractivity contribution is 14.1. The van der Waals surface area contributed by atoms with E-state index < -0.39 is 0 Å². The Balaban J connectivity index is 1.54. The third-order valence-corrected chi connectivity index (χ3v) is 5.26. The summed E-state index contributed by atoms with van der Waals surface area (Å²) in [6.07, 6.45) is 1.51. The number of piperidine rings is 1. The van der Waals surface area contributed by atoms with E-state index >= 15 is 0 Å². The summed E-state index contributed by atoms with van der Waals surface area (Å²) >= 11 is 2.23. The first-order valence-corrected chi connectivity index (χ1v) is 9.14. The number of carbonyl (C=O) groups is 2. The number of carbonyl (C=O) groups excluding carboxylic acids is 2. The van der Waals surface area contributed by atoms with Crippen molar-refractivity contribution in [3.05, 3.63) is 33.4 Å². The summed E-state index contributed by atoms with van der Waals surface area (Å²) in [5, 5.41) is 0. The third-order valence-electron chi connectivity index (χ3n) is 4.55. The van der Waals surface area contributed by atoms with Crippen LogP contribution in [0, 0.1) is 9.49 Å². The molecule has 2 amide bonds. The molecule has 0 radical (unpaired) electrons. The van der Waals surface area contributed by atoms with Crippen LogP contribution < -0.4 is 0 Å². The van der Waals surface area contributed by atoms with E-state index in [-0.39, 0.29) is 17.7 Å². The molecule has 0 unspecified atom stereocenters. The minimum Gasteiger partial charge on any atom is -0.378 e. The molecule has 2 fully saturated rings. The lowest BCUT2D eigenvalue weighted by molar-refractivity contribution is -0.141. The topological polar surface area (TPSA) is 49.9 Å². The monoisotopic (exact) mass is 428 g/mol. The predicted molar refractivity (Wildman–Crippen MR) is 95.2 cm³/mol. The van der Waals surface area contributed by atoms with Gasteiger partial charge in [0.15, 0.2) is 0 Å². The zero-order valence-electron chi connectivity index (χ0n) is 13.0. The van der Waals surface area contributed by atoms with Crippen molar-refractivity contribution in [1.82, 2.24) is 9.80 Å². The fourth-order valence-electron chi connectivity index (χ4n) is 3.15. The molecule has 0 spiro atoms. The fourth-order valence-corrected chi connectivity index (χ4v) is 3.51. The lowest BCUT2D eigenvalue weighted by Gasteiger charge is -2.35. The summed E-state index contributed by atoms with van der Waals surface area (Å²) in [5.41, 5.74) is 0.725. The van der Waals surface area contributed by atoms with Gasteiger partial charge in [-0.3, -0.25) is 9.59 Å². The molecular formula is C17H21IN2O3. The van der Waals surface area contributed by atoms with Gasteiger partial charge in [-0.25, -0.2) is 0 Å². The Kier molecular flexibility index (Phi) is 5.53. The van der Waals surface area contributed by atoms with Crippen LogP contribution in [0.3, 0.4) is 0 Å². The first kappa shape index (κ1) is 16.7. The first-order chi connectivity index (χ1) is 11.1. The van der Waals surface area contributed by atoms with Gasteiger partial charge in [0.05, 0.1) is 13.2 Å². The second kappa shape index (κ2) is 7.61. The van der Waals surface area contributed by atoms with Crippen molar-refractivity contribution in [2.24, 2.45) is 5.92 Å². The Morgan fingerprint density at radius 1 is 0.957 bits per heavy atom. The first-order valence-electron chi connectivity index (χ1n) is 8.06. The normalized spacial score (nSPS) is 19.7. The Morgan fingerprint density at radius 2 is 1.57 bits per heavy atom. The SMILES string of the molecule is O=C(c1ccc(I)cc1)N1CCC(C(=O)N2CCOCC2)CC1. The highest BCUT2D eigenvalue weighted by Crippen LogP contribution is 2.22. The molecule has 124 valence electrons. The zero-order valence-corrected chi connectivity index (χ0v) is 15.2. The standard InChI is InChI=1S/C17H21IN2O3/c18-15-3-1-13(2-4-15)16(21)19-7-5-14(6-8-19)17(22)20-9-11-23-12-10-20/h1-4,14H,5-12H2. The second-order valence-corrected chi connectivity index (χ2v) is 7.26. The number of nitrogens with zero attached hydrogens (tertiary/aromatic N) is 2. The summed E-state index contributed by atoms with van der Waals surface area (Å²) < 4.78 is 6.42. The minimum atomic E-state index is 0.0499. The van der Waals surface area contributed by atoms with Crippen LogP contribution in [0.25, 0.3) is 0 Å². The highest BCUT2D eigenvalue weighted by Gasteiger charge is 2.31. The lowest BCUT2D eigenvalue weighted by Crippen LogP contribution is -2.47. The van der Waals surface area contributed by atoms with Gasteiger partial charge in [0, 0.05) is 41.2 Å². The van der Waals surface area contributed by atoms with Crippen LogP contribution >= 0.6 is 22.6 Å². The fraction of sp³-hybridized carbons (Fsp3) is 0.529. The van der Waals surface area contributed by atoms with E-state index in [2.05, 4.69) is 22.6 Å². The molecule has 3 rings (SSSR count). The number of halogens is 1. The van der Waals surface area contributed by atoms with Crippen molar-refractivity contribution in [3.8, 4) is 0 Å². The molecule has 0 N–H and O–H groups in total. The van der Waals surface area contributed by atoms with Gasteiger partial charge >= 0.3 is 0 Å². The van der Waals surface area contributed by atoms with E-state index in [0.717, 1.165) is 22.0 Å². The van der Waals surface area contributed by atoms with Gasteiger partial charge in [0.2, 0.25) is 5.91 Å². The van der Waals surface area contributed by atoms with Gasteiger partial charge in [-0.05, 0) is 59.7 Å². The molecule has 2 aliphatic heterocycles. The van der Waals surface area contributed by atoms with Crippen LogP contribution in [0.2, 0.25) is 0 Å². The Hall–Kier alpha value is -1.15. The van der Waals surface area contributed by atoms with E-state index in [1.54, 1.807) is 0 Å². The molecule has 6 heteroatoms. The molecule has 5 nitrogen and oxygen atoms in total. The van der Waals surface area contributed by atoms with Gasteiger partial charge < -0.3 is 14.5 Å². The number of hydrogen-bond acceptors (Lipinski definition) is 3. The Morgan fingerprint density at radius 3 is 2.17 bits per heavy atom. The van der Waals surface area contributed by atoms with Crippen molar-refractivity contribution in [2.75, 3.05) is 39.4 Å². The van der Waals surface area contributed by atoms with E-state index in [0.29, 0.717) is 39.4 Å². The number of morpholine rings is 1. The molecule has 1 aromatic rings. The number of ether oxygens (including phenoxy) is 1. The maximum absolute atomic E-state index is 12.5. The van der Waals surface area contributed by atoms with Crippen molar-refractivity contribution in [1.29, 1.82) is 0 Å². The average molecular weight is 428 g/mol. The average Bonchev–Trinajstić information content (AvgIpc) is 2.62. The molecule has 23 heavy (non-hydrogen) atoms. The van der Waals surface area contributed by atoms with Gasteiger partial charge in [-0.15, -0.1) is 0 Å². The smallest absolute Gasteiger partial charge is 0.253 e. The molecule has 2 aliphatic rings. The quantitative estimate of drug-likeness (QED) is 0.678. The summed E-state index contributed by atoms with van der Waals surface area (Å²) in [6.45, 7) is 3.98. The van der Waals surface area contributed by atoms with E-state index in [1.165, 1.54) is 0 Å². The van der Waals surface area contributed by atoms with Crippen molar-refractivity contribution in [2.45, 2.75) is 12.8 Å². The molecule has 2 heterocycles.